The number of hydrogen-bond acceptors (Lipinski definition) is 5. The van der Waals surface area contributed by atoms with E-state index in [2.05, 4.69) is 0 Å². The average molecular weight is 417 g/mol. The lowest BCUT2D eigenvalue weighted by Gasteiger charge is -2.23. The van der Waals surface area contributed by atoms with Crippen molar-refractivity contribution < 1.29 is 27.0 Å². The molecule has 0 fully saturated rings. The van der Waals surface area contributed by atoms with Gasteiger partial charge >= 0.3 is 0 Å². The Morgan fingerprint density at radius 2 is 1.41 bits per heavy atom. The molecule has 8 heteroatoms. The normalized spacial score (nSPS) is 11.0. The van der Waals surface area contributed by atoms with Gasteiger partial charge in [-0.3, -0.25) is 4.31 Å². The first-order valence-electron chi connectivity index (χ1n) is 8.61. The molecule has 0 bridgehead atoms. The molecule has 3 aromatic carbocycles. The number of rotatable bonds is 7. The van der Waals surface area contributed by atoms with Gasteiger partial charge in [-0.05, 0) is 24.3 Å². The molecule has 152 valence electrons. The van der Waals surface area contributed by atoms with Crippen molar-refractivity contribution in [1.29, 1.82) is 0 Å². The van der Waals surface area contributed by atoms with Crippen LogP contribution in [0.15, 0.2) is 71.6 Å². The Kier molecular flexibility index (Phi) is 5.93. The van der Waals surface area contributed by atoms with E-state index in [-0.39, 0.29) is 17.2 Å². The maximum absolute atomic E-state index is 14.6. The third kappa shape index (κ3) is 4.12. The summed E-state index contributed by atoms with van der Waals surface area (Å²) >= 11 is 0. The number of anilines is 1. The highest BCUT2D eigenvalue weighted by Gasteiger charge is 2.29. The van der Waals surface area contributed by atoms with Crippen LogP contribution in [0.4, 0.5) is 10.1 Å². The Labute approximate surface area is 169 Å². The first-order chi connectivity index (χ1) is 13.9. The SMILES string of the molecule is COc1cc(F)c(S(=O)(=O)N(C)c2ccccc2Oc2ccccc2)cc1OC. The van der Waals surface area contributed by atoms with Crippen molar-refractivity contribution >= 4 is 15.7 Å². The van der Waals surface area contributed by atoms with E-state index in [1.807, 2.05) is 6.07 Å². The van der Waals surface area contributed by atoms with Crippen LogP contribution in [0.25, 0.3) is 0 Å². The van der Waals surface area contributed by atoms with Crippen molar-refractivity contribution in [2.45, 2.75) is 4.90 Å². The monoisotopic (exact) mass is 417 g/mol. The van der Waals surface area contributed by atoms with Gasteiger partial charge in [0.2, 0.25) is 0 Å². The smallest absolute Gasteiger partial charge is 0.267 e. The molecule has 0 aliphatic rings. The van der Waals surface area contributed by atoms with Gasteiger partial charge in [0.1, 0.15) is 16.5 Å². The maximum Gasteiger partial charge on any atom is 0.267 e. The fourth-order valence-corrected chi connectivity index (χ4v) is 4.00. The molecule has 0 aliphatic carbocycles. The summed E-state index contributed by atoms with van der Waals surface area (Å²) in [6, 6.07) is 17.6. The van der Waals surface area contributed by atoms with Crippen LogP contribution >= 0.6 is 0 Å². The molecule has 0 unspecified atom stereocenters. The van der Waals surface area contributed by atoms with Crippen LogP contribution in [0.3, 0.4) is 0 Å². The van der Waals surface area contributed by atoms with E-state index in [0.29, 0.717) is 11.5 Å². The minimum Gasteiger partial charge on any atom is -0.493 e. The molecular weight excluding hydrogens is 397 g/mol. The Morgan fingerprint density at radius 1 is 0.828 bits per heavy atom. The number of para-hydroxylation sites is 3. The number of methoxy groups -OCH3 is 2. The molecule has 0 amide bonds. The summed E-state index contributed by atoms with van der Waals surface area (Å²) in [6.45, 7) is 0. The maximum atomic E-state index is 14.6. The van der Waals surface area contributed by atoms with Gasteiger partial charge in [-0.2, -0.15) is 0 Å². The molecule has 0 saturated carbocycles. The molecule has 0 N–H and O–H groups in total. The molecule has 0 aliphatic heterocycles. The molecule has 0 saturated heterocycles. The van der Waals surface area contributed by atoms with Crippen LogP contribution in [0.1, 0.15) is 0 Å². The first kappa shape index (κ1) is 20.5. The number of hydrogen-bond donors (Lipinski definition) is 0. The molecule has 0 heterocycles. The molecule has 0 radical (unpaired) electrons. The number of sulfonamides is 1. The number of halogens is 1. The minimum absolute atomic E-state index is 0.0967. The summed E-state index contributed by atoms with van der Waals surface area (Å²) in [7, 11) is -0.232. The number of benzene rings is 3. The third-order valence-electron chi connectivity index (χ3n) is 4.25. The third-order valence-corrected chi connectivity index (χ3v) is 6.04. The zero-order chi connectivity index (χ0) is 21.0. The van der Waals surface area contributed by atoms with Crippen LogP contribution in [-0.2, 0) is 10.0 Å². The van der Waals surface area contributed by atoms with E-state index in [1.165, 1.54) is 21.3 Å². The minimum atomic E-state index is -4.25. The zero-order valence-corrected chi connectivity index (χ0v) is 16.9. The molecule has 0 atom stereocenters. The first-order valence-corrected chi connectivity index (χ1v) is 10.0. The standard InChI is InChI=1S/C21H20FNO5S/c1-23(17-11-7-8-12-18(17)28-15-9-5-4-6-10-15)29(24,25)21-14-20(27-3)19(26-2)13-16(21)22/h4-14H,1-3H3. The van der Waals surface area contributed by atoms with Gasteiger partial charge in [-0.15, -0.1) is 0 Å². The second-order valence-electron chi connectivity index (χ2n) is 5.99. The predicted molar refractivity (Wildman–Crippen MR) is 108 cm³/mol. The highest BCUT2D eigenvalue weighted by molar-refractivity contribution is 7.92. The largest absolute Gasteiger partial charge is 0.493 e. The van der Waals surface area contributed by atoms with E-state index in [9.17, 15) is 12.8 Å². The van der Waals surface area contributed by atoms with Gasteiger partial charge < -0.3 is 14.2 Å². The van der Waals surface area contributed by atoms with Gasteiger partial charge in [0.05, 0.1) is 19.9 Å². The summed E-state index contributed by atoms with van der Waals surface area (Å²) in [5.74, 6) is 0.110. The fraction of sp³-hybridized carbons (Fsp3) is 0.143. The zero-order valence-electron chi connectivity index (χ0n) is 16.1. The van der Waals surface area contributed by atoms with E-state index in [4.69, 9.17) is 14.2 Å². The van der Waals surface area contributed by atoms with Crippen molar-refractivity contribution in [2.75, 3.05) is 25.6 Å². The Morgan fingerprint density at radius 3 is 2.07 bits per heavy atom. The quantitative estimate of drug-likeness (QED) is 0.568. The van der Waals surface area contributed by atoms with Gasteiger partial charge in [0, 0.05) is 19.2 Å². The van der Waals surface area contributed by atoms with Crippen molar-refractivity contribution in [3.8, 4) is 23.0 Å². The lowest BCUT2D eigenvalue weighted by Crippen LogP contribution is -2.27. The molecular formula is C21H20FNO5S. The number of ether oxygens (including phenoxy) is 3. The van der Waals surface area contributed by atoms with Crippen molar-refractivity contribution in [3.63, 3.8) is 0 Å². The van der Waals surface area contributed by atoms with E-state index >= 15 is 0 Å². The summed E-state index contributed by atoms with van der Waals surface area (Å²) in [5, 5.41) is 0. The van der Waals surface area contributed by atoms with Crippen molar-refractivity contribution in [1.82, 2.24) is 0 Å². The van der Waals surface area contributed by atoms with Crippen LogP contribution in [0.5, 0.6) is 23.0 Å². The summed E-state index contributed by atoms with van der Waals surface area (Å²) in [6.07, 6.45) is 0. The Hall–Kier alpha value is -3.26. The molecule has 6 nitrogen and oxygen atoms in total. The fourth-order valence-electron chi connectivity index (χ4n) is 2.73. The van der Waals surface area contributed by atoms with Crippen LogP contribution in [-0.4, -0.2) is 29.7 Å². The molecule has 0 spiro atoms. The molecule has 3 rings (SSSR count). The van der Waals surface area contributed by atoms with Crippen LogP contribution < -0.4 is 18.5 Å². The average Bonchev–Trinajstić information content (AvgIpc) is 2.74. The summed E-state index contributed by atoms with van der Waals surface area (Å²) < 4.78 is 57.9. The second-order valence-corrected chi connectivity index (χ2v) is 7.93. The lowest BCUT2D eigenvalue weighted by molar-refractivity contribution is 0.350. The van der Waals surface area contributed by atoms with Gasteiger partial charge in [-0.25, -0.2) is 12.8 Å². The summed E-state index contributed by atoms with van der Waals surface area (Å²) in [5.41, 5.74) is 0.255. The predicted octanol–water partition coefficient (Wildman–Crippen LogP) is 4.46. The highest BCUT2D eigenvalue weighted by atomic mass is 32.2. The topological polar surface area (TPSA) is 65.1 Å². The Balaban J connectivity index is 2.04. The molecule has 3 aromatic rings. The molecule has 29 heavy (non-hydrogen) atoms. The number of nitrogens with zero attached hydrogens (tertiary/aromatic N) is 1. The van der Waals surface area contributed by atoms with Gasteiger partial charge in [0.25, 0.3) is 10.0 Å². The molecule has 0 aromatic heterocycles. The highest BCUT2D eigenvalue weighted by Crippen LogP contribution is 2.37. The second kappa shape index (κ2) is 8.40. The lowest BCUT2D eigenvalue weighted by atomic mass is 10.3. The van der Waals surface area contributed by atoms with Crippen LogP contribution in [0, 0.1) is 5.82 Å². The van der Waals surface area contributed by atoms with E-state index in [1.54, 1.807) is 48.5 Å². The van der Waals surface area contributed by atoms with E-state index < -0.39 is 20.7 Å². The summed E-state index contributed by atoms with van der Waals surface area (Å²) in [4.78, 5) is -0.535. The van der Waals surface area contributed by atoms with Crippen molar-refractivity contribution in [2.24, 2.45) is 0 Å². The Bertz CT molecular complexity index is 1100. The van der Waals surface area contributed by atoms with E-state index in [0.717, 1.165) is 16.4 Å². The van der Waals surface area contributed by atoms with Crippen LogP contribution in [0.2, 0.25) is 0 Å². The van der Waals surface area contributed by atoms with Crippen molar-refractivity contribution in [3.05, 3.63) is 72.5 Å². The van der Waals surface area contributed by atoms with Gasteiger partial charge in [0.15, 0.2) is 17.2 Å². The van der Waals surface area contributed by atoms with Gasteiger partial charge in [-0.1, -0.05) is 30.3 Å².